The number of rotatable bonds is 5. The van der Waals surface area contributed by atoms with E-state index in [1.54, 1.807) is 0 Å². The quantitative estimate of drug-likeness (QED) is 0.466. The summed E-state index contributed by atoms with van der Waals surface area (Å²) in [5.41, 5.74) is -0.446. The second kappa shape index (κ2) is 5.28. The van der Waals surface area contributed by atoms with Crippen molar-refractivity contribution in [3.8, 4) is 5.75 Å². The van der Waals surface area contributed by atoms with Gasteiger partial charge in [0.25, 0.3) is 0 Å². The van der Waals surface area contributed by atoms with Crippen molar-refractivity contribution in [1.82, 2.24) is 0 Å². The van der Waals surface area contributed by atoms with Crippen LogP contribution in [0, 0.1) is 15.9 Å². The van der Waals surface area contributed by atoms with Crippen molar-refractivity contribution < 1.29 is 22.5 Å². The summed E-state index contributed by atoms with van der Waals surface area (Å²) in [4.78, 5) is 9.79. The van der Waals surface area contributed by atoms with Gasteiger partial charge in [-0.05, 0) is 6.07 Å². The van der Waals surface area contributed by atoms with Crippen molar-refractivity contribution in [3.63, 3.8) is 0 Å². The number of nitro benzene ring substituents is 1. The number of benzene rings is 1. The van der Waals surface area contributed by atoms with Crippen LogP contribution in [-0.4, -0.2) is 25.7 Å². The molecule has 0 aliphatic rings. The zero-order valence-corrected chi connectivity index (χ0v) is 9.87. The molecule has 1 aromatic rings. The number of nitrogens with zero attached hydrogens (tertiary/aromatic N) is 1. The maximum atomic E-state index is 12.8. The molecular formula is C8H7ClFNO5S. The predicted octanol–water partition coefficient (Wildman–Crippen LogP) is 1.68. The molecular weight excluding hydrogens is 277 g/mol. The summed E-state index contributed by atoms with van der Waals surface area (Å²) in [5, 5.41) is 10.6. The zero-order valence-electron chi connectivity index (χ0n) is 8.30. The van der Waals surface area contributed by atoms with Gasteiger partial charge in [0.2, 0.25) is 9.05 Å². The molecule has 0 atom stereocenters. The van der Waals surface area contributed by atoms with E-state index >= 15 is 0 Å². The largest absolute Gasteiger partial charge is 0.486 e. The van der Waals surface area contributed by atoms with Crippen molar-refractivity contribution >= 4 is 25.4 Å². The number of hydrogen-bond donors (Lipinski definition) is 0. The molecule has 0 saturated heterocycles. The fraction of sp³-hybridized carbons (Fsp3) is 0.250. The van der Waals surface area contributed by atoms with Crippen LogP contribution in [0.5, 0.6) is 5.75 Å². The highest BCUT2D eigenvalue weighted by Crippen LogP contribution is 2.27. The number of nitro groups is 1. The summed E-state index contributed by atoms with van der Waals surface area (Å²) < 4.78 is 38.8. The number of hydrogen-bond acceptors (Lipinski definition) is 5. The molecule has 1 aromatic carbocycles. The first-order valence-electron chi connectivity index (χ1n) is 4.28. The highest BCUT2D eigenvalue weighted by molar-refractivity contribution is 8.13. The predicted molar refractivity (Wildman–Crippen MR) is 58.2 cm³/mol. The van der Waals surface area contributed by atoms with E-state index < -0.39 is 37.8 Å². The molecule has 0 amide bonds. The molecule has 0 heterocycles. The zero-order chi connectivity index (χ0) is 13.1. The number of halogens is 2. The standard InChI is InChI=1S/C8H7ClFNO5S/c9-17(14,15)4-3-16-8-5-6(10)1-2-7(8)11(12)13/h1-2,5H,3-4H2. The smallest absolute Gasteiger partial charge is 0.311 e. The van der Waals surface area contributed by atoms with E-state index in [0.29, 0.717) is 0 Å². The van der Waals surface area contributed by atoms with Crippen molar-refractivity contribution in [2.75, 3.05) is 12.4 Å². The molecule has 0 saturated carbocycles. The van der Waals surface area contributed by atoms with Crippen LogP contribution >= 0.6 is 10.7 Å². The molecule has 6 nitrogen and oxygen atoms in total. The summed E-state index contributed by atoms with van der Waals surface area (Å²) in [5.74, 6) is -1.59. The molecule has 0 spiro atoms. The molecule has 17 heavy (non-hydrogen) atoms. The van der Waals surface area contributed by atoms with Gasteiger partial charge < -0.3 is 4.74 Å². The van der Waals surface area contributed by atoms with E-state index in [1.807, 2.05) is 0 Å². The molecule has 0 bridgehead atoms. The normalized spacial score (nSPS) is 11.2. The molecule has 0 radical (unpaired) electrons. The van der Waals surface area contributed by atoms with Gasteiger partial charge >= 0.3 is 5.69 Å². The minimum atomic E-state index is -3.75. The van der Waals surface area contributed by atoms with Crippen LogP contribution in [-0.2, 0) is 9.05 Å². The topological polar surface area (TPSA) is 86.5 Å². The Kier molecular flexibility index (Phi) is 4.24. The second-order valence-corrected chi connectivity index (χ2v) is 5.86. The maximum absolute atomic E-state index is 12.8. The Morgan fingerprint density at radius 3 is 2.65 bits per heavy atom. The lowest BCUT2D eigenvalue weighted by Gasteiger charge is -2.05. The monoisotopic (exact) mass is 283 g/mol. The average molecular weight is 284 g/mol. The lowest BCUT2D eigenvalue weighted by atomic mass is 10.3. The second-order valence-electron chi connectivity index (χ2n) is 2.96. The first-order chi connectivity index (χ1) is 7.79. The van der Waals surface area contributed by atoms with Gasteiger partial charge in [0.05, 0.1) is 10.7 Å². The molecule has 94 valence electrons. The fourth-order valence-electron chi connectivity index (χ4n) is 1.01. The summed E-state index contributed by atoms with van der Waals surface area (Å²) >= 11 is 0. The first kappa shape index (κ1) is 13.7. The Hall–Kier alpha value is -1.41. The van der Waals surface area contributed by atoms with Crippen molar-refractivity contribution in [2.24, 2.45) is 0 Å². The molecule has 0 fully saturated rings. The SMILES string of the molecule is O=[N+]([O-])c1ccc(F)cc1OCCS(=O)(=O)Cl. The van der Waals surface area contributed by atoms with E-state index in [4.69, 9.17) is 15.4 Å². The first-order valence-corrected chi connectivity index (χ1v) is 6.76. The third-order valence-electron chi connectivity index (χ3n) is 1.70. The summed E-state index contributed by atoms with van der Waals surface area (Å²) in [6.07, 6.45) is 0. The van der Waals surface area contributed by atoms with Gasteiger partial charge in [-0.2, -0.15) is 0 Å². The minimum Gasteiger partial charge on any atom is -0.486 e. The van der Waals surface area contributed by atoms with Crippen LogP contribution in [0.4, 0.5) is 10.1 Å². The fourth-order valence-corrected chi connectivity index (χ4v) is 1.48. The van der Waals surface area contributed by atoms with Crippen LogP contribution in [0.15, 0.2) is 18.2 Å². The van der Waals surface area contributed by atoms with Crippen molar-refractivity contribution in [2.45, 2.75) is 0 Å². The van der Waals surface area contributed by atoms with Crippen LogP contribution in [0.1, 0.15) is 0 Å². The molecule has 0 aromatic heterocycles. The third kappa shape index (κ3) is 4.53. The van der Waals surface area contributed by atoms with Gasteiger partial charge in [0.1, 0.15) is 12.4 Å². The van der Waals surface area contributed by atoms with Crippen molar-refractivity contribution in [3.05, 3.63) is 34.1 Å². The van der Waals surface area contributed by atoms with Gasteiger partial charge in [-0.15, -0.1) is 0 Å². The Bertz CT molecular complexity index is 533. The van der Waals surface area contributed by atoms with Crippen LogP contribution in [0.25, 0.3) is 0 Å². The highest BCUT2D eigenvalue weighted by atomic mass is 35.7. The van der Waals surface area contributed by atoms with Crippen LogP contribution < -0.4 is 4.74 Å². The summed E-state index contributed by atoms with van der Waals surface area (Å²) in [6.45, 7) is -0.393. The summed E-state index contributed by atoms with van der Waals surface area (Å²) in [6, 6.07) is 2.64. The average Bonchev–Trinajstić information content (AvgIpc) is 2.15. The summed E-state index contributed by atoms with van der Waals surface area (Å²) in [7, 11) is 1.16. The van der Waals surface area contributed by atoms with Gasteiger partial charge in [-0.1, -0.05) is 0 Å². The van der Waals surface area contributed by atoms with E-state index in [-0.39, 0.29) is 5.75 Å². The van der Waals surface area contributed by atoms with E-state index in [1.165, 1.54) is 0 Å². The third-order valence-corrected chi connectivity index (χ3v) is 2.82. The van der Waals surface area contributed by atoms with Crippen molar-refractivity contribution in [1.29, 1.82) is 0 Å². The number of ether oxygens (including phenoxy) is 1. The Balaban J connectivity index is 2.82. The van der Waals surface area contributed by atoms with Gasteiger partial charge in [-0.25, -0.2) is 12.8 Å². The van der Waals surface area contributed by atoms with Crippen LogP contribution in [0.2, 0.25) is 0 Å². The lowest BCUT2D eigenvalue weighted by Crippen LogP contribution is -2.09. The molecule has 0 N–H and O–H groups in total. The molecule has 0 aliphatic carbocycles. The van der Waals surface area contributed by atoms with E-state index in [9.17, 15) is 22.9 Å². The minimum absolute atomic E-state index is 0.338. The van der Waals surface area contributed by atoms with Gasteiger partial charge in [-0.3, -0.25) is 10.1 Å². The lowest BCUT2D eigenvalue weighted by molar-refractivity contribution is -0.385. The van der Waals surface area contributed by atoms with Crippen LogP contribution in [0.3, 0.4) is 0 Å². The molecule has 0 unspecified atom stereocenters. The molecule has 1 rings (SSSR count). The van der Waals surface area contributed by atoms with E-state index in [2.05, 4.69) is 0 Å². The Labute approximate surface area is 101 Å². The highest BCUT2D eigenvalue weighted by Gasteiger charge is 2.16. The molecule has 9 heteroatoms. The van der Waals surface area contributed by atoms with Gasteiger partial charge in [0.15, 0.2) is 5.75 Å². The van der Waals surface area contributed by atoms with Gasteiger partial charge in [0, 0.05) is 22.8 Å². The Morgan fingerprint density at radius 2 is 2.12 bits per heavy atom. The molecule has 0 aliphatic heterocycles. The maximum Gasteiger partial charge on any atom is 0.311 e. The Morgan fingerprint density at radius 1 is 1.47 bits per heavy atom. The van der Waals surface area contributed by atoms with E-state index in [0.717, 1.165) is 18.2 Å².